The van der Waals surface area contributed by atoms with Gasteiger partial charge in [-0.3, -0.25) is 4.79 Å². The fourth-order valence-electron chi connectivity index (χ4n) is 1.60. The minimum Gasteiger partial charge on any atom is -0.456 e. The standard InChI is InChI=1S/C11H16F3IO4/c1-4-9(3,15)7(16)19-8(2)5-10(17,18-6-8)11(12,13)14/h17H,4-6H2,1-3H3. The zero-order valence-corrected chi connectivity index (χ0v) is 13.0. The quantitative estimate of drug-likeness (QED) is 0.453. The van der Waals surface area contributed by atoms with Gasteiger partial charge in [0.15, 0.2) is 0 Å². The van der Waals surface area contributed by atoms with Crippen LogP contribution in [-0.4, -0.2) is 38.7 Å². The highest BCUT2D eigenvalue weighted by Gasteiger charge is 2.64. The zero-order valence-electron chi connectivity index (χ0n) is 10.8. The Morgan fingerprint density at radius 2 is 2.05 bits per heavy atom. The van der Waals surface area contributed by atoms with E-state index in [1.807, 2.05) is 22.6 Å². The number of carbonyl (C=O) groups excluding carboxylic acids is 1. The molecule has 1 heterocycles. The Morgan fingerprint density at radius 1 is 1.53 bits per heavy atom. The van der Waals surface area contributed by atoms with Crippen LogP contribution in [0, 0.1) is 0 Å². The van der Waals surface area contributed by atoms with Crippen LogP contribution in [-0.2, 0) is 14.3 Å². The number of carbonyl (C=O) groups is 1. The summed E-state index contributed by atoms with van der Waals surface area (Å²) in [6.07, 6.45) is -5.27. The van der Waals surface area contributed by atoms with Gasteiger partial charge in [0.05, 0.1) is 13.0 Å². The van der Waals surface area contributed by atoms with E-state index in [1.54, 1.807) is 13.8 Å². The number of aliphatic hydroxyl groups is 1. The van der Waals surface area contributed by atoms with Gasteiger partial charge in [-0.15, -0.1) is 0 Å². The van der Waals surface area contributed by atoms with E-state index in [4.69, 9.17) is 4.74 Å². The second-order valence-corrected chi connectivity index (χ2v) is 7.52. The first-order valence-corrected chi connectivity index (χ1v) is 6.78. The van der Waals surface area contributed by atoms with E-state index < -0.39 is 40.0 Å². The molecule has 1 N–H and O–H groups in total. The van der Waals surface area contributed by atoms with Crippen LogP contribution in [0.15, 0.2) is 0 Å². The van der Waals surface area contributed by atoms with Gasteiger partial charge in [0.2, 0.25) is 0 Å². The topological polar surface area (TPSA) is 55.8 Å². The molecule has 0 aromatic heterocycles. The Labute approximate surface area is 122 Å². The van der Waals surface area contributed by atoms with Crippen LogP contribution in [0.25, 0.3) is 0 Å². The molecule has 8 heteroatoms. The predicted molar refractivity (Wildman–Crippen MR) is 68.8 cm³/mol. The average Bonchev–Trinajstić information content (AvgIpc) is 2.55. The highest BCUT2D eigenvalue weighted by Crippen LogP contribution is 2.44. The Hall–Kier alpha value is -0.0900. The Bertz CT molecular complexity index is 371. The van der Waals surface area contributed by atoms with Gasteiger partial charge in [0.25, 0.3) is 5.79 Å². The minimum atomic E-state index is -4.92. The summed E-state index contributed by atoms with van der Waals surface area (Å²) in [5.74, 6) is -3.87. The summed E-state index contributed by atoms with van der Waals surface area (Å²) in [5.41, 5.74) is -1.48. The molecule has 4 nitrogen and oxygen atoms in total. The molecule has 1 rings (SSSR count). The molecule has 0 saturated carbocycles. The third-order valence-corrected chi connectivity index (χ3v) is 4.30. The largest absolute Gasteiger partial charge is 0.456 e. The van der Waals surface area contributed by atoms with Crippen LogP contribution in [0.1, 0.15) is 33.6 Å². The molecule has 0 amide bonds. The summed E-state index contributed by atoms with van der Waals surface area (Å²) in [6.45, 7) is 4.22. The van der Waals surface area contributed by atoms with Crippen LogP contribution in [0.2, 0.25) is 0 Å². The highest BCUT2D eigenvalue weighted by molar-refractivity contribution is 14.1. The molecule has 3 unspecified atom stereocenters. The molecule has 3 atom stereocenters. The molecular weight excluding hydrogens is 380 g/mol. The summed E-state index contributed by atoms with van der Waals surface area (Å²) in [4.78, 5) is 11.9. The van der Waals surface area contributed by atoms with Crippen molar-refractivity contribution in [2.45, 2.75) is 54.6 Å². The molecule has 112 valence electrons. The molecule has 0 spiro atoms. The van der Waals surface area contributed by atoms with Gasteiger partial charge in [0, 0.05) is 0 Å². The summed E-state index contributed by atoms with van der Waals surface area (Å²) in [6, 6.07) is 0. The van der Waals surface area contributed by atoms with Crippen molar-refractivity contribution in [2.75, 3.05) is 6.61 Å². The first-order valence-electron chi connectivity index (χ1n) is 5.71. The number of hydrogen-bond acceptors (Lipinski definition) is 4. The molecule has 1 saturated heterocycles. The molecule has 1 fully saturated rings. The van der Waals surface area contributed by atoms with Gasteiger partial charge in [-0.2, -0.15) is 13.2 Å². The summed E-state index contributed by atoms with van der Waals surface area (Å²) < 4.78 is 46.5. The number of alkyl halides is 4. The van der Waals surface area contributed by atoms with Gasteiger partial charge in [-0.25, -0.2) is 0 Å². The van der Waals surface area contributed by atoms with E-state index in [0.29, 0.717) is 6.42 Å². The molecule has 0 aliphatic carbocycles. The first kappa shape index (κ1) is 17.0. The monoisotopic (exact) mass is 396 g/mol. The number of rotatable bonds is 3. The van der Waals surface area contributed by atoms with Gasteiger partial charge < -0.3 is 14.6 Å². The average molecular weight is 396 g/mol. The molecule has 1 aliphatic rings. The van der Waals surface area contributed by atoms with E-state index in [-0.39, 0.29) is 0 Å². The van der Waals surface area contributed by atoms with Crippen molar-refractivity contribution < 1.29 is 32.5 Å². The maximum Gasteiger partial charge on any atom is 0.443 e. The lowest BCUT2D eigenvalue weighted by Crippen LogP contribution is -2.46. The van der Waals surface area contributed by atoms with Crippen LogP contribution < -0.4 is 0 Å². The van der Waals surface area contributed by atoms with Crippen molar-refractivity contribution in [1.82, 2.24) is 0 Å². The van der Waals surface area contributed by atoms with Gasteiger partial charge in [-0.05, 0) is 20.3 Å². The number of hydrogen-bond donors (Lipinski definition) is 1. The number of esters is 1. The fraction of sp³-hybridized carbons (Fsp3) is 0.909. The maximum absolute atomic E-state index is 12.6. The molecule has 0 aromatic rings. The van der Waals surface area contributed by atoms with E-state index >= 15 is 0 Å². The summed E-state index contributed by atoms with van der Waals surface area (Å²) >= 11 is 1.88. The molecule has 0 radical (unpaired) electrons. The van der Waals surface area contributed by atoms with Gasteiger partial charge in [0.1, 0.15) is 9.02 Å². The Morgan fingerprint density at radius 3 is 2.42 bits per heavy atom. The zero-order chi connectivity index (χ0) is 15.1. The van der Waals surface area contributed by atoms with Crippen LogP contribution in [0.5, 0.6) is 0 Å². The lowest BCUT2D eigenvalue weighted by Gasteiger charge is -2.29. The molecule has 0 bridgehead atoms. The fourth-order valence-corrected chi connectivity index (χ4v) is 1.71. The highest BCUT2D eigenvalue weighted by atomic mass is 127. The van der Waals surface area contributed by atoms with Crippen molar-refractivity contribution >= 4 is 28.6 Å². The molecule has 1 aliphatic heterocycles. The van der Waals surface area contributed by atoms with Crippen molar-refractivity contribution in [3.8, 4) is 0 Å². The third-order valence-electron chi connectivity index (χ3n) is 3.10. The van der Waals surface area contributed by atoms with Crippen LogP contribution in [0.4, 0.5) is 13.2 Å². The Balaban J connectivity index is 2.79. The van der Waals surface area contributed by atoms with Crippen molar-refractivity contribution in [1.29, 1.82) is 0 Å². The summed E-state index contributed by atoms with van der Waals surface area (Å²) in [5, 5.41) is 9.40. The molecular formula is C11H16F3IO4. The summed E-state index contributed by atoms with van der Waals surface area (Å²) in [7, 11) is 0. The van der Waals surface area contributed by atoms with Gasteiger partial charge in [-0.1, -0.05) is 29.5 Å². The van der Waals surface area contributed by atoms with Crippen molar-refractivity contribution in [3.05, 3.63) is 0 Å². The lowest BCUT2D eigenvalue weighted by molar-refractivity contribution is -0.349. The van der Waals surface area contributed by atoms with E-state index in [9.17, 15) is 23.1 Å². The second kappa shape index (κ2) is 5.03. The predicted octanol–water partition coefficient (Wildman–Crippen LogP) is 2.56. The molecule has 0 aromatic carbocycles. The first-order chi connectivity index (χ1) is 8.35. The van der Waals surface area contributed by atoms with E-state index in [0.717, 1.165) is 0 Å². The smallest absolute Gasteiger partial charge is 0.443 e. The molecule has 19 heavy (non-hydrogen) atoms. The maximum atomic E-state index is 12.6. The normalized spacial score (nSPS) is 34.9. The van der Waals surface area contributed by atoms with Crippen molar-refractivity contribution in [2.24, 2.45) is 0 Å². The Kier molecular flexibility index (Phi) is 4.49. The third kappa shape index (κ3) is 3.52. The number of ether oxygens (including phenoxy) is 2. The van der Waals surface area contributed by atoms with Crippen molar-refractivity contribution in [3.63, 3.8) is 0 Å². The SMILES string of the molecule is CCC(C)(I)C(=O)OC1(C)COC(O)(C(F)(F)F)C1. The minimum absolute atomic E-state index is 0.479. The lowest BCUT2D eigenvalue weighted by atomic mass is 9.99. The van der Waals surface area contributed by atoms with E-state index in [1.165, 1.54) is 6.92 Å². The van der Waals surface area contributed by atoms with Crippen LogP contribution >= 0.6 is 22.6 Å². The van der Waals surface area contributed by atoms with Gasteiger partial charge >= 0.3 is 12.1 Å². The second-order valence-electron chi connectivity index (χ2n) is 5.14. The number of halogens is 4. The van der Waals surface area contributed by atoms with E-state index in [2.05, 4.69) is 4.74 Å². The van der Waals surface area contributed by atoms with Crippen LogP contribution in [0.3, 0.4) is 0 Å².